The Hall–Kier alpha value is -1.36. The minimum Gasteiger partial charge on any atom is -0.340 e. The molecule has 2 fully saturated rings. The summed E-state index contributed by atoms with van der Waals surface area (Å²) < 4.78 is 0. The zero-order valence-electron chi connectivity index (χ0n) is 11.0. The second-order valence-corrected chi connectivity index (χ2v) is 6.30. The number of rotatable bonds is 2. The summed E-state index contributed by atoms with van der Waals surface area (Å²) in [6, 6.07) is 1.64. The lowest BCUT2D eigenvalue weighted by molar-refractivity contribution is -0.154. The average Bonchev–Trinajstić information content (AvgIpc) is 3.04. The zero-order valence-corrected chi connectivity index (χ0v) is 11.8. The van der Waals surface area contributed by atoms with Gasteiger partial charge in [0.1, 0.15) is 11.6 Å². The maximum Gasteiger partial charge on any atom is 0.249 e. The van der Waals surface area contributed by atoms with Gasteiger partial charge in [0, 0.05) is 6.54 Å². The molecule has 2 aliphatic rings. The van der Waals surface area contributed by atoms with Crippen LogP contribution in [0, 0.1) is 0 Å². The van der Waals surface area contributed by atoms with Crippen molar-refractivity contribution in [2.45, 2.75) is 50.7 Å². The van der Waals surface area contributed by atoms with E-state index in [9.17, 15) is 9.59 Å². The summed E-state index contributed by atoms with van der Waals surface area (Å²) in [6.45, 7) is 2.35. The monoisotopic (exact) mass is 278 g/mol. The quantitative estimate of drug-likeness (QED) is 0.898. The SMILES string of the molecule is CC1C(=O)NC2(CCCC2)C(=O)N1Cc1ccsc1. The van der Waals surface area contributed by atoms with E-state index in [1.54, 1.807) is 23.2 Å². The fraction of sp³-hybridized carbons (Fsp3) is 0.571. The molecule has 3 rings (SSSR count). The Morgan fingerprint density at radius 2 is 2.16 bits per heavy atom. The van der Waals surface area contributed by atoms with Gasteiger partial charge in [0.2, 0.25) is 11.8 Å². The van der Waals surface area contributed by atoms with Gasteiger partial charge in [-0.05, 0) is 42.2 Å². The van der Waals surface area contributed by atoms with E-state index >= 15 is 0 Å². The van der Waals surface area contributed by atoms with E-state index in [1.807, 2.05) is 16.8 Å². The molecule has 0 bridgehead atoms. The molecule has 0 radical (unpaired) electrons. The van der Waals surface area contributed by atoms with E-state index in [0.29, 0.717) is 6.54 Å². The van der Waals surface area contributed by atoms with Gasteiger partial charge >= 0.3 is 0 Å². The van der Waals surface area contributed by atoms with Gasteiger partial charge in [0.25, 0.3) is 0 Å². The lowest BCUT2D eigenvalue weighted by Gasteiger charge is -2.43. The summed E-state index contributed by atoms with van der Waals surface area (Å²) in [5.41, 5.74) is 0.493. The number of nitrogens with one attached hydrogen (secondary N) is 1. The Morgan fingerprint density at radius 3 is 2.79 bits per heavy atom. The first-order chi connectivity index (χ1) is 9.12. The highest BCUT2D eigenvalue weighted by Crippen LogP contribution is 2.35. The molecule has 1 saturated heterocycles. The molecule has 5 heteroatoms. The second-order valence-electron chi connectivity index (χ2n) is 5.52. The average molecular weight is 278 g/mol. The molecule has 1 aromatic heterocycles. The van der Waals surface area contributed by atoms with E-state index in [4.69, 9.17) is 0 Å². The van der Waals surface area contributed by atoms with E-state index < -0.39 is 5.54 Å². The lowest BCUT2D eigenvalue weighted by atomic mass is 9.91. The minimum absolute atomic E-state index is 0.0169. The van der Waals surface area contributed by atoms with Gasteiger partial charge in [0.15, 0.2) is 0 Å². The van der Waals surface area contributed by atoms with E-state index in [0.717, 1.165) is 31.2 Å². The molecule has 1 aliphatic carbocycles. The van der Waals surface area contributed by atoms with Crippen molar-refractivity contribution in [1.82, 2.24) is 10.2 Å². The summed E-state index contributed by atoms with van der Waals surface area (Å²) in [7, 11) is 0. The molecule has 1 atom stereocenters. The Balaban J connectivity index is 1.87. The van der Waals surface area contributed by atoms with Crippen LogP contribution in [0.25, 0.3) is 0 Å². The summed E-state index contributed by atoms with van der Waals surface area (Å²) in [5, 5.41) is 7.01. The van der Waals surface area contributed by atoms with E-state index in [-0.39, 0.29) is 17.9 Å². The van der Waals surface area contributed by atoms with Gasteiger partial charge in [-0.3, -0.25) is 9.59 Å². The lowest BCUT2D eigenvalue weighted by Crippen LogP contribution is -2.68. The van der Waals surface area contributed by atoms with Crippen LogP contribution in [0.15, 0.2) is 16.8 Å². The summed E-state index contributed by atoms with van der Waals surface area (Å²) in [4.78, 5) is 26.6. The first-order valence-electron chi connectivity index (χ1n) is 6.77. The largest absolute Gasteiger partial charge is 0.340 e. The van der Waals surface area contributed by atoms with Gasteiger partial charge in [-0.2, -0.15) is 11.3 Å². The molecule has 19 heavy (non-hydrogen) atoms. The van der Waals surface area contributed by atoms with Gasteiger partial charge in [0.05, 0.1) is 0 Å². The molecule has 1 aromatic rings. The summed E-state index contributed by atoms with van der Waals surface area (Å²) in [6.07, 6.45) is 3.61. The highest BCUT2D eigenvalue weighted by molar-refractivity contribution is 7.07. The predicted molar refractivity (Wildman–Crippen MR) is 73.7 cm³/mol. The Bertz CT molecular complexity index is 492. The normalized spacial score (nSPS) is 25.9. The topological polar surface area (TPSA) is 49.4 Å². The fourth-order valence-corrected chi connectivity index (χ4v) is 3.75. The number of carbonyl (C=O) groups is 2. The maximum atomic E-state index is 12.7. The number of hydrogen-bond donors (Lipinski definition) is 1. The molecule has 1 unspecified atom stereocenters. The maximum absolute atomic E-state index is 12.7. The molecule has 0 aromatic carbocycles. The standard InChI is InChI=1S/C14H18N2O2S/c1-10-12(17)15-14(5-2-3-6-14)13(18)16(10)8-11-4-7-19-9-11/h4,7,9-10H,2-3,5-6,8H2,1H3,(H,15,17). The second kappa shape index (κ2) is 4.63. The fourth-order valence-electron chi connectivity index (χ4n) is 3.09. The number of thiophene rings is 1. The van der Waals surface area contributed by atoms with Crippen LogP contribution >= 0.6 is 11.3 Å². The van der Waals surface area contributed by atoms with E-state index in [2.05, 4.69) is 5.32 Å². The highest BCUT2D eigenvalue weighted by Gasteiger charge is 2.50. The molecular weight excluding hydrogens is 260 g/mol. The minimum atomic E-state index is -0.611. The molecular formula is C14H18N2O2S. The van der Waals surface area contributed by atoms with E-state index in [1.165, 1.54) is 0 Å². The van der Waals surface area contributed by atoms with Crippen LogP contribution in [0.1, 0.15) is 38.2 Å². The molecule has 1 N–H and O–H groups in total. The van der Waals surface area contributed by atoms with Crippen LogP contribution in [0.2, 0.25) is 0 Å². The van der Waals surface area contributed by atoms with Crippen molar-refractivity contribution in [2.24, 2.45) is 0 Å². The van der Waals surface area contributed by atoms with Crippen molar-refractivity contribution in [3.63, 3.8) is 0 Å². The Labute approximate surface area is 116 Å². The molecule has 2 amide bonds. The first kappa shape index (κ1) is 12.7. The van der Waals surface area contributed by atoms with Gasteiger partial charge in [-0.1, -0.05) is 12.8 Å². The van der Waals surface area contributed by atoms with Crippen molar-refractivity contribution in [1.29, 1.82) is 0 Å². The molecule has 1 saturated carbocycles. The number of nitrogens with zero attached hydrogens (tertiary/aromatic N) is 1. The third kappa shape index (κ3) is 2.06. The molecule has 2 heterocycles. The zero-order chi connectivity index (χ0) is 13.5. The predicted octanol–water partition coefficient (Wildman–Crippen LogP) is 1.91. The van der Waals surface area contributed by atoms with Crippen molar-refractivity contribution in [3.8, 4) is 0 Å². The van der Waals surface area contributed by atoms with Crippen molar-refractivity contribution in [2.75, 3.05) is 0 Å². The highest BCUT2D eigenvalue weighted by atomic mass is 32.1. The van der Waals surface area contributed by atoms with Gasteiger partial charge in [-0.15, -0.1) is 0 Å². The van der Waals surface area contributed by atoms with Gasteiger partial charge < -0.3 is 10.2 Å². The number of piperazine rings is 1. The van der Waals surface area contributed by atoms with Crippen LogP contribution in [0.5, 0.6) is 0 Å². The molecule has 102 valence electrons. The van der Waals surface area contributed by atoms with Crippen molar-refractivity contribution >= 4 is 23.2 Å². The number of carbonyl (C=O) groups excluding carboxylic acids is 2. The van der Waals surface area contributed by atoms with Crippen LogP contribution in [0.3, 0.4) is 0 Å². The molecule has 4 nitrogen and oxygen atoms in total. The number of hydrogen-bond acceptors (Lipinski definition) is 3. The molecule has 1 aliphatic heterocycles. The summed E-state index contributed by atoms with van der Waals surface area (Å²) in [5.74, 6) is 0.0834. The summed E-state index contributed by atoms with van der Waals surface area (Å²) >= 11 is 1.62. The van der Waals surface area contributed by atoms with Crippen molar-refractivity contribution in [3.05, 3.63) is 22.4 Å². The van der Waals surface area contributed by atoms with Crippen LogP contribution in [0.4, 0.5) is 0 Å². The van der Waals surface area contributed by atoms with Crippen molar-refractivity contribution < 1.29 is 9.59 Å². The first-order valence-corrected chi connectivity index (χ1v) is 7.71. The van der Waals surface area contributed by atoms with Gasteiger partial charge in [-0.25, -0.2) is 0 Å². The Kier molecular flexibility index (Phi) is 3.09. The third-order valence-corrected chi connectivity index (χ3v) is 5.00. The van der Waals surface area contributed by atoms with Crippen LogP contribution in [-0.4, -0.2) is 28.3 Å². The smallest absolute Gasteiger partial charge is 0.249 e. The van der Waals surface area contributed by atoms with Crippen LogP contribution in [-0.2, 0) is 16.1 Å². The van der Waals surface area contributed by atoms with Crippen LogP contribution < -0.4 is 5.32 Å². The third-order valence-electron chi connectivity index (χ3n) is 4.27. The number of amides is 2. The Morgan fingerprint density at radius 1 is 1.42 bits per heavy atom. The molecule has 1 spiro atoms.